The van der Waals surface area contributed by atoms with E-state index in [0.29, 0.717) is 13.1 Å². The predicted molar refractivity (Wildman–Crippen MR) is 118 cm³/mol. The fourth-order valence-corrected chi connectivity index (χ4v) is 2.36. The van der Waals surface area contributed by atoms with Gasteiger partial charge in [-0.15, -0.1) is 0 Å². The van der Waals surface area contributed by atoms with Crippen LogP contribution in [0, 0.1) is 0 Å². The molecule has 1 heterocycles. The van der Waals surface area contributed by atoms with Crippen LogP contribution in [0.5, 0.6) is 0 Å². The van der Waals surface area contributed by atoms with E-state index in [-0.39, 0.29) is 6.09 Å². The molecule has 1 aliphatic rings. The summed E-state index contributed by atoms with van der Waals surface area (Å²) in [7, 11) is 5.80. The molecule has 7 heteroatoms. The summed E-state index contributed by atoms with van der Waals surface area (Å²) in [6, 6.07) is 7.95. The van der Waals surface area contributed by atoms with Gasteiger partial charge >= 0.3 is 6.09 Å². The van der Waals surface area contributed by atoms with Crippen LogP contribution >= 0.6 is 0 Å². The van der Waals surface area contributed by atoms with Crippen molar-refractivity contribution in [3.05, 3.63) is 29.8 Å². The number of rotatable bonds is 3. The van der Waals surface area contributed by atoms with E-state index >= 15 is 0 Å². The molecule has 0 bridgehead atoms. The number of carbonyl (C=O) groups excluding carboxylic acids is 1. The van der Waals surface area contributed by atoms with Crippen molar-refractivity contribution in [2.75, 3.05) is 26.2 Å². The van der Waals surface area contributed by atoms with Crippen LogP contribution in [0.15, 0.2) is 24.3 Å². The maximum atomic E-state index is 12.0. The fraction of sp³-hybridized carbons (Fsp3) is 0.682. The summed E-state index contributed by atoms with van der Waals surface area (Å²) < 4.78 is 5.40. The lowest BCUT2D eigenvalue weighted by Crippen LogP contribution is -2.49. The second kappa shape index (κ2) is 9.96. The Balaban J connectivity index is 0.000000447. The van der Waals surface area contributed by atoms with Gasteiger partial charge in [-0.05, 0) is 54.0 Å². The van der Waals surface area contributed by atoms with Gasteiger partial charge in [0.15, 0.2) is 0 Å². The molecule has 29 heavy (non-hydrogen) atoms. The van der Waals surface area contributed by atoms with Gasteiger partial charge in [-0.2, -0.15) is 0 Å². The Labute approximate surface area is 177 Å². The van der Waals surface area contributed by atoms with Crippen LogP contribution in [0.2, 0.25) is 0 Å². The van der Waals surface area contributed by atoms with E-state index in [1.165, 1.54) is 5.56 Å². The highest BCUT2D eigenvalue weighted by Gasteiger charge is 2.32. The van der Waals surface area contributed by atoms with Crippen LogP contribution < -0.4 is 5.46 Å². The van der Waals surface area contributed by atoms with E-state index in [0.717, 1.165) is 25.1 Å². The lowest BCUT2D eigenvalue weighted by atomic mass is 9.90. The first kappa shape index (κ1) is 25.5. The molecule has 162 valence electrons. The van der Waals surface area contributed by atoms with Crippen molar-refractivity contribution in [3.8, 4) is 0 Å². The Kier molecular flexibility index (Phi) is 8.75. The van der Waals surface area contributed by atoms with Gasteiger partial charge in [-0.3, -0.25) is 4.90 Å². The Bertz CT molecular complexity index is 640. The first-order valence-electron chi connectivity index (χ1n) is 10.1. The van der Waals surface area contributed by atoms with E-state index in [2.05, 4.69) is 11.0 Å². The smallest absolute Gasteiger partial charge is 0.410 e. The minimum absolute atomic E-state index is 0.217. The second-order valence-corrected chi connectivity index (χ2v) is 9.61. The van der Waals surface area contributed by atoms with Crippen LogP contribution in [0.4, 0.5) is 4.79 Å². The van der Waals surface area contributed by atoms with Crippen molar-refractivity contribution in [2.24, 2.45) is 0 Å². The third kappa shape index (κ3) is 9.65. The molecule has 0 unspecified atom stereocenters. The monoisotopic (exact) mass is 404 g/mol. The number of amides is 1. The highest BCUT2D eigenvalue weighted by molar-refractivity contribution is 6.32. The molecule has 2 rings (SSSR count). The number of hydrogen-bond donors (Lipinski definition) is 2. The van der Waals surface area contributed by atoms with Crippen molar-refractivity contribution in [1.29, 1.82) is 0 Å². The molecule has 2 N–H and O–H groups in total. The van der Waals surface area contributed by atoms with E-state index in [9.17, 15) is 4.79 Å². The lowest BCUT2D eigenvalue weighted by molar-refractivity contribution is -0.107. The highest BCUT2D eigenvalue weighted by atomic mass is 16.6. The van der Waals surface area contributed by atoms with Gasteiger partial charge in [0.05, 0.1) is 11.2 Å². The Morgan fingerprint density at radius 1 is 1.00 bits per heavy atom. The topological polar surface area (TPSA) is 73.2 Å². The Morgan fingerprint density at radius 3 is 1.93 bits per heavy atom. The summed E-state index contributed by atoms with van der Waals surface area (Å²) >= 11 is 0. The largest absolute Gasteiger partial charge is 0.444 e. The van der Waals surface area contributed by atoms with Gasteiger partial charge in [0, 0.05) is 32.7 Å². The zero-order valence-corrected chi connectivity index (χ0v) is 19.0. The molecule has 1 saturated heterocycles. The third-order valence-electron chi connectivity index (χ3n) is 4.88. The summed E-state index contributed by atoms with van der Waals surface area (Å²) in [6.45, 7) is 16.0. The number of hydrogen-bond acceptors (Lipinski definition) is 5. The maximum Gasteiger partial charge on any atom is 0.410 e. The Hall–Kier alpha value is -1.57. The summed E-state index contributed by atoms with van der Waals surface area (Å²) in [6.07, 6.45) is -0.217. The number of aliphatic hydroxyl groups is 2. The Morgan fingerprint density at radius 2 is 1.52 bits per heavy atom. The molecule has 0 aliphatic carbocycles. The lowest BCUT2D eigenvalue weighted by Gasteiger charge is -2.35. The highest BCUT2D eigenvalue weighted by Crippen LogP contribution is 2.19. The zero-order valence-electron chi connectivity index (χ0n) is 19.0. The van der Waals surface area contributed by atoms with E-state index < -0.39 is 16.8 Å². The van der Waals surface area contributed by atoms with Crippen LogP contribution in [-0.2, 0) is 11.3 Å². The SMILES string of the molecule is CC(C)(O)C(C)(C)O.[B]c1cccc(CN2CCN(C(=O)OC(C)(C)C)CC2)c1. The molecule has 2 radical (unpaired) electrons. The van der Waals surface area contributed by atoms with Crippen molar-refractivity contribution in [2.45, 2.75) is 71.8 Å². The standard InChI is InChI=1S/C16H23BN2O2.C6H14O2/c1-16(2,3)21-15(20)19-9-7-18(8-10-19)12-13-5-4-6-14(17)11-13;1-5(2,7)6(3,4)8/h4-6,11H,7-10,12H2,1-3H3;7-8H,1-4H3. The maximum absolute atomic E-state index is 12.0. The van der Waals surface area contributed by atoms with E-state index in [1.54, 1.807) is 32.6 Å². The predicted octanol–water partition coefficient (Wildman–Crippen LogP) is 2.06. The first-order valence-corrected chi connectivity index (χ1v) is 10.1. The summed E-state index contributed by atoms with van der Waals surface area (Å²) in [5.74, 6) is 0. The van der Waals surface area contributed by atoms with Crippen molar-refractivity contribution < 1.29 is 19.7 Å². The number of benzene rings is 1. The molecule has 0 atom stereocenters. The van der Waals surface area contributed by atoms with Gasteiger partial charge < -0.3 is 19.8 Å². The van der Waals surface area contributed by atoms with Gasteiger partial charge in [0.25, 0.3) is 0 Å². The summed E-state index contributed by atoms with van der Waals surface area (Å²) in [4.78, 5) is 16.1. The molecule has 0 saturated carbocycles. The fourth-order valence-electron chi connectivity index (χ4n) is 2.36. The van der Waals surface area contributed by atoms with Gasteiger partial charge in [-0.1, -0.05) is 29.7 Å². The first-order chi connectivity index (χ1) is 13.1. The van der Waals surface area contributed by atoms with E-state index in [1.807, 2.05) is 39.0 Å². The summed E-state index contributed by atoms with van der Waals surface area (Å²) in [5, 5.41) is 18.2. The molecule has 0 spiro atoms. The molecule has 1 fully saturated rings. The second-order valence-electron chi connectivity index (χ2n) is 9.61. The number of nitrogens with zero attached hydrogens (tertiary/aromatic N) is 2. The normalized spacial score (nSPS) is 16.1. The molecular weight excluding hydrogens is 367 g/mol. The zero-order chi connectivity index (χ0) is 22.5. The van der Waals surface area contributed by atoms with Crippen molar-refractivity contribution in [1.82, 2.24) is 9.80 Å². The molecular formula is C22H37BN2O4. The summed E-state index contributed by atoms with van der Waals surface area (Å²) in [5.41, 5.74) is -0.448. The van der Waals surface area contributed by atoms with Gasteiger partial charge in [0.1, 0.15) is 13.4 Å². The van der Waals surface area contributed by atoms with E-state index in [4.69, 9.17) is 22.8 Å². The number of ether oxygens (including phenoxy) is 1. The molecule has 1 aromatic carbocycles. The van der Waals surface area contributed by atoms with Gasteiger partial charge in [0.2, 0.25) is 0 Å². The molecule has 1 amide bonds. The van der Waals surface area contributed by atoms with Crippen LogP contribution in [0.1, 0.15) is 54.0 Å². The quantitative estimate of drug-likeness (QED) is 0.755. The van der Waals surface area contributed by atoms with Crippen LogP contribution in [-0.4, -0.2) is 76.9 Å². The average molecular weight is 404 g/mol. The van der Waals surface area contributed by atoms with Gasteiger partial charge in [-0.25, -0.2) is 4.79 Å². The average Bonchev–Trinajstić information content (AvgIpc) is 2.52. The molecule has 6 nitrogen and oxygen atoms in total. The minimum Gasteiger partial charge on any atom is -0.444 e. The van der Waals surface area contributed by atoms with Crippen LogP contribution in [0.3, 0.4) is 0 Å². The third-order valence-corrected chi connectivity index (χ3v) is 4.88. The van der Waals surface area contributed by atoms with Crippen LogP contribution in [0.25, 0.3) is 0 Å². The molecule has 0 aromatic heterocycles. The minimum atomic E-state index is -1.01. The molecule has 1 aromatic rings. The number of piperazine rings is 1. The molecule has 1 aliphatic heterocycles. The van der Waals surface area contributed by atoms with Crippen molar-refractivity contribution in [3.63, 3.8) is 0 Å². The van der Waals surface area contributed by atoms with Crippen molar-refractivity contribution >= 4 is 19.4 Å². The number of carbonyl (C=O) groups is 1.